The minimum absolute atomic E-state index is 0.351. The molecule has 19 heavy (non-hydrogen) atoms. The molecule has 0 spiro atoms. The smallest absolute Gasteiger partial charge is 0.106 e. The zero-order valence-corrected chi connectivity index (χ0v) is 13.7. The minimum atomic E-state index is -0.351. The summed E-state index contributed by atoms with van der Waals surface area (Å²) in [6.45, 7) is 9.51. The second kappa shape index (κ2) is 9.30. The molecule has 0 saturated heterocycles. The zero-order chi connectivity index (χ0) is 14.9. The molecule has 0 amide bonds. The lowest BCUT2D eigenvalue weighted by Crippen LogP contribution is -2.47. The highest BCUT2D eigenvalue weighted by Crippen LogP contribution is 2.17. The Morgan fingerprint density at radius 1 is 1.16 bits per heavy atom. The van der Waals surface area contributed by atoms with Crippen molar-refractivity contribution in [2.24, 2.45) is 0 Å². The van der Waals surface area contributed by atoms with Crippen LogP contribution in [0, 0.1) is 11.3 Å². The monoisotopic (exact) mass is 268 g/mol. The number of hydrogen-bond acceptors (Lipinski definition) is 4. The highest BCUT2D eigenvalue weighted by molar-refractivity contribution is 5.06. The van der Waals surface area contributed by atoms with Gasteiger partial charge in [-0.2, -0.15) is 5.26 Å². The molecule has 0 aromatic heterocycles. The molecule has 0 aromatic rings. The van der Waals surface area contributed by atoms with Gasteiger partial charge in [0.2, 0.25) is 0 Å². The van der Waals surface area contributed by atoms with E-state index >= 15 is 0 Å². The van der Waals surface area contributed by atoms with Crippen molar-refractivity contribution in [1.29, 1.82) is 5.26 Å². The van der Waals surface area contributed by atoms with E-state index in [1.54, 1.807) is 0 Å². The maximum atomic E-state index is 9.43. The largest absolute Gasteiger partial charge is 0.308 e. The van der Waals surface area contributed by atoms with Gasteiger partial charge in [0.15, 0.2) is 0 Å². The standard InChI is InChI=1S/C15H32N4/c1-7-15(13-16,17-14(2)3)9-8-10-19(6)12-11-18(4)5/h14,17H,7-12H2,1-6H3. The lowest BCUT2D eigenvalue weighted by atomic mass is 9.91. The summed E-state index contributed by atoms with van der Waals surface area (Å²) in [6, 6.07) is 2.84. The van der Waals surface area contributed by atoms with Gasteiger partial charge in [0.25, 0.3) is 0 Å². The van der Waals surface area contributed by atoms with Gasteiger partial charge in [0.05, 0.1) is 6.07 Å². The summed E-state index contributed by atoms with van der Waals surface area (Å²) in [7, 11) is 6.34. The van der Waals surface area contributed by atoms with E-state index in [2.05, 4.69) is 63.1 Å². The van der Waals surface area contributed by atoms with E-state index < -0.39 is 0 Å². The van der Waals surface area contributed by atoms with Crippen LogP contribution in [-0.2, 0) is 0 Å². The first-order chi connectivity index (χ1) is 8.85. The van der Waals surface area contributed by atoms with Gasteiger partial charge in [-0.15, -0.1) is 0 Å². The van der Waals surface area contributed by atoms with Gasteiger partial charge >= 0.3 is 0 Å². The molecule has 1 N–H and O–H groups in total. The minimum Gasteiger partial charge on any atom is -0.308 e. The van der Waals surface area contributed by atoms with Gasteiger partial charge in [-0.25, -0.2) is 0 Å². The zero-order valence-electron chi connectivity index (χ0n) is 13.7. The second-order valence-electron chi connectivity index (χ2n) is 6.06. The first kappa shape index (κ1) is 18.4. The maximum absolute atomic E-state index is 9.43. The van der Waals surface area contributed by atoms with Crippen LogP contribution in [0.2, 0.25) is 0 Å². The van der Waals surface area contributed by atoms with Crippen molar-refractivity contribution in [1.82, 2.24) is 15.1 Å². The lowest BCUT2D eigenvalue weighted by molar-refractivity contribution is 0.260. The van der Waals surface area contributed by atoms with E-state index in [1.807, 2.05) is 0 Å². The molecule has 1 atom stereocenters. The van der Waals surface area contributed by atoms with Crippen molar-refractivity contribution in [2.75, 3.05) is 40.8 Å². The third-order valence-corrected chi connectivity index (χ3v) is 3.45. The normalized spacial score (nSPS) is 14.9. The molecule has 0 aliphatic rings. The fourth-order valence-corrected chi connectivity index (χ4v) is 2.20. The molecule has 0 radical (unpaired) electrons. The van der Waals surface area contributed by atoms with Crippen LogP contribution in [0.3, 0.4) is 0 Å². The molecule has 0 bridgehead atoms. The molecule has 4 nitrogen and oxygen atoms in total. The predicted octanol–water partition coefficient (Wildman–Crippen LogP) is 1.93. The summed E-state index contributed by atoms with van der Waals surface area (Å²) in [6.07, 6.45) is 2.85. The third-order valence-electron chi connectivity index (χ3n) is 3.45. The van der Waals surface area contributed by atoms with Crippen LogP contribution in [0.5, 0.6) is 0 Å². The quantitative estimate of drug-likeness (QED) is 0.657. The Morgan fingerprint density at radius 3 is 2.21 bits per heavy atom. The van der Waals surface area contributed by atoms with Crippen LogP contribution in [0.4, 0.5) is 0 Å². The van der Waals surface area contributed by atoms with Crippen molar-refractivity contribution in [2.45, 2.75) is 51.6 Å². The highest BCUT2D eigenvalue weighted by atomic mass is 15.1. The summed E-state index contributed by atoms with van der Waals surface area (Å²) in [5, 5.41) is 12.9. The Hall–Kier alpha value is -0.630. The van der Waals surface area contributed by atoms with Crippen molar-refractivity contribution in [3.8, 4) is 6.07 Å². The third kappa shape index (κ3) is 8.20. The topological polar surface area (TPSA) is 42.3 Å². The van der Waals surface area contributed by atoms with Crippen LogP contribution in [-0.4, -0.2) is 62.2 Å². The predicted molar refractivity (Wildman–Crippen MR) is 82.2 cm³/mol. The van der Waals surface area contributed by atoms with E-state index in [0.29, 0.717) is 6.04 Å². The fourth-order valence-electron chi connectivity index (χ4n) is 2.20. The molecule has 4 heteroatoms. The van der Waals surface area contributed by atoms with Gasteiger partial charge < -0.3 is 9.80 Å². The fraction of sp³-hybridized carbons (Fsp3) is 0.933. The molecule has 0 aliphatic heterocycles. The average Bonchev–Trinajstić information content (AvgIpc) is 2.34. The highest BCUT2D eigenvalue weighted by Gasteiger charge is 2.27. The molecule has 0 aromatic carbocycles. The van der Waals surface area contributed by atoms with Gasteiger partial charge in [0, 0.05) is 19.1 Å². The Kier molecular flexibility index (Phi) is 8.99. The summed E-state index contributed by atoms with van der Waals surface area (Å²) in [5.74, 6) is 0. The Bertz CT molecular complexity index is 270. The molecular weight excluding hydrogens is 236 g/mol. The van der Waals surface area contributed by atoms with Crippen molar-refractivity contribution in [3.63, 3.8) is 0 Å². The number of hydrogen-bond donors (Lipinski definition) is 1. The van der Waals surface area contributed by atoms with Crippen LogP contribution in [0.15, 0.2) is 0 Å². The van der Waals surface area contributed by atoms with Crippen LogP contribution in [0.1, 0.15) is 40.0 Å². The summed E-state index contributed by atoms with van der Waals surface area (Å²) < 4.78 is 0. The molecule has 1 unspecified atom stereocenters. The number of rotatable bonds is 10. The Labute approximate surface area is 119 Å². The molecule has 0 saturated carbocycles. The molecule has 0 heterocycles. The van der Waals surface area contributed by atoms with E-state index in [4.69, 9.17) is 0 Å². The van der Waals surface area contributed by atoms with Gasteiger partial charge in [0.1, 0.15) is 5.54 Å². The van der Waals surface area contributed by atoms with Gasteiger partial charge in [-0.05, 0) is 60.8 Å². The second-order valence-corrected chi connectivity index (χ2v) is 6.06. The SMILES string of the molecule is CCC(C#N)(CCCN(C)CCN(C)C)NC(C)C. The van der Waals surface area contributed by atoms with Gasteiger partial charge in [-0.3, -0.25) is 5.32 Å². The molecule has 0 fully saturated rings. The van der Waals surface area contributed by atoms with E-state index in [0.717, 1.165) is 38.9 Å². The van der Waals surface area contributed by atoms with E-state index in [9.17, 15) is 5.26 Å². The van der Waals surface area contributed by atoms with Gasteiger partial charge in [-0.1, -0.05) is 6.92 Å². The van der Waals surface area contributed by atoms with E-state index in [1.165, 1.54) is 0 Å². The van der Waals surface area contributed by atoms with Crippen molar-refractivity contribution >= 4 is 0 Å². The Morgan fingerprint density at radius 2 is 1.79 bits per heavy atom. The van der Waals surface area contributed by atoms with Crippen molar-refractivity contribution < 1.29 is 0 Å². The Balaban J connectivity index is 4.10. The molecule has 0 rings (SSSR count). The first-order valence-corrected chi connectivity index (χ1v) is 7.37. The number of nitrogens with one attached hydrogen (secondary N) is 1. The molecule has 112 valence electrons. The van der Waals surface area contributed by atoms with Crippen LogP contribution in [0.25, 0.3) is 0 Å². The summed E-state index contributed by atoms with van der Waals surface area (Å²) >= 11 is 0. The number of nitriles is 1. The summed E-state index contributed by atoms with van der Waals surface area (Å²) in [4.78, 5) is 4.54. The molecule has 0 aliphatic carbocycles. The first-order valence-electron chi connectivity index (χ1n) is 7.37. The van der Waals surface area contributed by atoms with Crippen molar-refractivity contribution in [3.05, 3.63) is 0 Å². The van der Waals surface area contributed by atoms with E-state index in [-0.39, 0.29) is 5.54 Å². The maximum Gasteiger partial charge on any atom is 0.106 e. The number of nitrogens with zero attached hydrogens (tertiary/aromatic N) is 3. The summed E-state index contributed by atoms with van der Waals surface area (Å²) in [5.41, 5.74) is -0.351. The lowest BCUT2D eigenvalue weighted by Gasteiger charge is -2.30. The molecular formula is C15H32N4. The average molecular weight is 268 g/mol. The van der Waals surface area contributed by atoms with Crippen LogP contribution >= 0.6 is 0 Å². The number of likely N-dealkylation sites (N-methyl/N-ethyl adjacent to an activating group) is 2. The van der Waals surface area contributed by atoms with Crippen LogP contribution < -0.4 is 5.32 Å².